The van der Waals surface area contributed by atoms with Crippen molar-refractivity contribution < 1.29 is 9.22 Å². The van der Waals surface area contributed by atoms with Gasteiger partial charge in [-0.3, -0.25) is 10.2 Å². The number of anilines is 1. The summed E-state index contributed by atoms with van der Waals surface area (Å²) in [5, 5.41) is 0.275. The third-order valence-corrected chi connectivity index (χ3v) is 10.6. The summed E-state index contributed by atoms with van der Waals surface area (Å²) in [7, 11) is -1.63. The molecule has 1 heterocycles. The second-order valence-corrected chi connectivity index (χ2v) is 13.7. The van der Waals surface area contributed by atoms with Crippen molar-refractivity contribution in [3.63, 3.8) is 0 Å². The maximum atomic E-state index is 11.7. The van der Waals surface area contributed by atoms with Crippen LogP contribution in [0.1, 0.15) is 50.4 Å². The normalized spacial score (nSPS) is 16.6. The average molecular weight is 378 g/mol. The van der Waals surface area contributed by atoms with Crippen molar-refractivity contribution in [1.29, 1.82) is 0 Å². The average Bonchev–Trinajstić information content (AvgIpc) is 2.60. The number of nitrogens with two attached hydrogens (primary N) is 1. The van der Waals surface area contributed by atoms with E-state index in [1.165, 1.54) is 12.8 Å². The van der Waals surface area contributed by atoms with Crippen LogP contribution in [0.2, 0.25) is 18.1 Å². The molecular formula is C20H35N3O2Si. The van der Waals surface area contributed by atoms with Crippen LogP contribution in [0.4, 0.5) is 5.69 Å². The van der Waals surface area contributed by atoms with Crippen molar-refractivity contribution in [3.8, 4) is 0 Å². The maximum absolute atomic E-state index is 11.7. The van der Waals surface area contributed by atoms with E-state index in [1.54, 1.807) is 6.07 Å². The molecule has 1 aliphatic heterocycles. The Kier molecular flexibility index (Phi) is 6.88. The number of benzene rings is 1. The number of hydrogen-bond acceptors (Lipinski definition) is 4. The first-order valence-electron chi connectivity index (χ1n) is 9.64. The molecule has 0 aromatic heterocycles. The molecule has 0 bridgehead atoms. The standard InChI is InChI=1S/C20H35N3O2Si/c1-20(2,3)26(4,5)25-14-11-16-9-12-23(13-10-16)18-8-6-7-17(15-18)19(24)22-21/h6-8,15-16H,9-14,21H2,1-5H3,(H,22,24). The van der Waals surface area contributed by atoms with Crippen molar-refractivity contribution >= 4 is 19.9 Å². The van der Waals surface area contributed by atoms with Crippen LogP contribution in [0.25, 0.3) is 0 Å². The molecule has 1 amide bonds. The lowest BCUT2D eigenvalue weighted by molar-refractivity contribution is 0.0953. The minimum absolute atomic E-state index is 0.246. The van der Waals surface area contributed by atoms with Crippen molar-refractivity contribution in [2.75, 3.05) is 24.6 Å². The van der Waals surface area contributed by atoms with Crippen LogP contribution in [-0.4, -0.2) is 33.9 Å². The Morgan fingerprint density at radius 1 is 1.31 bits per heavy atom. The van der Waals surface area contributed by atoms with Gasteiger partial charge in [0.05, 0.1) is 0 Å². The van der Waals surface area contributed by atoms with Crippen molar-refractivity contribution in [2.45, 2.75) is 58.2 Å². The molecule has 1 aromatic carbocycles. The van der Waals surface area contributed by atoms with E-state index in [0.717, 1.165) is 37.7 Å². The summed E-state index contributed by atoms with van der Waals surface area (Å²) >= 11 is 0. The summed E-state index contributed by atoms with van der Waals surface area (Å²) in [6.07, 6.45) is 3.50. The van der Waals surface area contributed by atoms with Gasteiger partial charge in [-0.25, -0.2) is 5.84 Å². The minimum atomic E-state index is -1.63. The second kappa shape index (κ2) is 8.54. The summed E-state index contributed by atoms with van der Waals surface area (Å²) in [5.41, 5.74) is 3.90. The molecule has 26 heavy (non-hydrogen) atoms. The molecule has 0 atom stereocenters. The van der Waals surface area contributed by atoms with Crippen molar-refractivity contribution in [3.05, 3.63) is 29.8 Å². The monoisotopic (exact) mass is 377 g/mol. The number of carbonyl (C=O) groups is 1. The molecule has 0 radical (unpaired) electrons. The molecule has 0 unspecified atom stereocenters. The molecule has 6 heteroatoms. The third kappa shape index (κ3) is 5.31. The van der Waals surface area contributed by atoms with Gasteiger partial charge in [-0.05, 0) is 61.5 Å². The van der Waals surface area contributed by atoms with Gasteiger partial charge >= 0.3 is 0 Å². The topological polar surface area (TPSA) is 67.6 Å². The zero-order valence-corrected chi connectivity index (χ0v) is 18.0. The van der Waals surface area contributed by atoms with Gasteiger partial charge in [0.15, 0.2) is 8.32 Å². The predicted molar refractivity (Wildman–Crippen MR) is 111 cm³/mol. The summed E-state index contributed by atoms with van der Waals surface area (Å²) < 4.78 is 6.33. The molecule has 3 N–H and O–H groups in total. The number of nitrogens with one attached hydrogen (secondary N) is 1. The number of hydrazine groups is 1. The third-order valence-electron chi connectivity index (χ3n) is 6.01. The molecule has 0 aliphatic carbocycles. The number of amides is 1. The van der Waals surface area contributed by atoms with E-state index >= 15 is 0 Å². The van der Waals surface area contributed by atoms with E-state index in [-0.39, 0.29) is 10.9 Å². The minimum Gasteiger partial charge on any atom is -0.417 e. The molecular weight excluding hydrogens is 342 g/mol. The Morgan fingerprint density at radius 2 is 1.96 bits per heavy atom. The maximum Gasteiger partial charge on any atom is 0.265 e. The van der Waals surface area contributed by atoms with Crippen LogP contribution < -0.4 is 16.2 Å². The van der Waals surface area contributed by atoms with Crippen molar-refractivity contribution in [2.24, 2.45) is 11.8 Å². The fraction of sp³-hybridized carbons (Fsp3) is 0.650. The highest BCUT2D eigenvalue weighted by Crippen LogP contribution is 2.37. The zero-order chi connectivity index (χ0) is 19.4. The van der Waals surface area contributed by atoms with E-state index in [1.807, 2.05) is 12.1 Å². The first kappa shape index (κ1) is 20.9. The Morgan fingerprint density at radius 3 is 2.54 bits per heavy atom. The lowest BCUT2D eigenvalue weighted by atomic mass is 9.93. The van der Waals surface area contributed by atoms with Crippen LogP contribution in [0.5, 0.6) is 0 Å². The number of carbonyl (C=O) groups excluding carboxylic acids is 1. The summed E-state index contributed by atoms with van der Waals surface area (Å²) in [5.74, 6) is 5.71. The molecule has 1 saturated heterocycles. The smallest absolute Gasteiger partial charge is 0.265 e. The van der Waals surface area contributed by atoms with E-state index < -0.39 is 8.32 Å². The van der Waals surface area contributed by atoms with Crippen molar-refractivity contribution in [1.82, 2.24) is 5.43 Å². The van der Waals surface area contributed by atoms with Gasteiger partial charge in [0.2, 0.25) is 0 Å². The molecule has 0 saturated carbocycles. The molecule has 1 aliphatic rings. The van der Waals surface area contributed by atoms with Crippen LogP contribution in [0.15, 0.2) is 24.3 Å². The Hall–Kier alpha value is -1.37. The van der Waals surface area contributed by atoms with E-state index in [9.17, 15) is 4.79 Å². The van der Waals surface area contributed by atoms with Gasteiger partial charge < -0.3 is 9.33 Å². The van der Waals surface area contributed by atoms with Gasteiger partial charge in [0.1, 0.15) is 0 Å². The summed E-state index contributed by atoms with van der Waals surface area (Å²) in [4.78, 5) is 14.1. The highest BCUT2D eigenvalue weighted by Gasteiger charge is 2.37. The summed E-state index contributed by atoms with van der Waals surface area (Å²) in [6.45, 7) is 14.4. The van der Waals surface area contributed by atoms with Crippen LogP contribution >= 0.6 is 0 Å². The molecule has 146 valence electrons. The second-order valence-electron chi connectivity index (χ2n) is 8.85. The predicted octanol–water partition coefficient (Wildman–Crippen LogP) is 3.92. The first-order chi connectivity index (χ1) is 12.1. The van der Waals surface area contributed by atoms with Gasteiger partial charge in [-0.1, -0.05) is 26.8 Å². The molecule has 0 spiro atoms. The fourth-order valence-corrected chi connectivity index (χ4v) is 4.17. The van der Waals surface area contributed by atoms with E-state index in [0.29, 0.717) is 5.56 Å². The van der Waals surface area contributed by atoms with E-state index in [4.69, 9.17) is 10.3 Å². The lowest BCUT2D eigenvalue weighted by Gasteiger charge is -2.37. The van der Waals surface area contributed by atoms with Crippen LogP contribution in [-0.2, 0) is 4.43 Å². The van der Waals surface area contributed by atoms with Crippen LogP contribution in [0, 0.1) is 5.92 Å². The highest BCUT2D eigenvalue weighted by atomic mass is 28.4. The number of rotatable bonds is 6. The van der Waals surface area contributed by atoms with E-state index in [2.05, 4.69) is 50.3 Å². The molecule has 5 nitrogen and oxygen atoms in total. The number of hydrogen-bond donors (Lipinski definition) is 2. The highest BCUT2D eigenvalue weighted by molar-refractivity contribution is 6.74. The summed E-state index contributed by atoms with van der Waals surface area (Å²) in [6, 6.07) is 7.69. The number of nitrogens with zero attached hydrogens (tertiary/aromatic N) is 1. The Labute approximate surface area is 159 Å². The fourth-order valence-electron chi connectivity index (χ4n) is 3.10. The Balaban J connectivity index is 1.82. The molecule has 1 fully saturated rings. The lowest BCUT2D eigenvalue weighted by Crippen LogP contribution is -2.41. The van der Waals surface area contributed by atoms with Gasteiger partial charge in [0.25, 0.3) is 5.91 Å². The number of piperidine rings is 1. The molecule has 1 aromatic rings. The number of nitrogen functional groups attached to an aromatic ring is 1. The SMILES string of the molecule is CC(C)(C)[Si](C)(C)OCCC1CCN(c2cccc(C(=O)NN)c2)CC1. The first-order valence-corrected chi connectivity index (χ1v) is 12.5. The van der Waals surface area contributed by atoms with Gasteiger partial charge in [-0.2, -0.15) is 0 Å². The van der Waals surface area contributed by atoms with Gasteiger partial charge in [0, 0.05) is 30.9 Å². The quantitative estimate of drug-likeness (QED) is 0.341. The van der Waals surface area contributed by atoms with Gasteiger partial charge in [-0.15, -0.1) is 0 Å². The zero-order valence-electron chi connectivity index (χ0n) is 17.0. The molecule has 2 rings (SSSR count). The largest absolute Gasteiger partial charge is 0.417 e. The van der Waals surface area contributed by atoms with Crippen LogP contribution in [0.3, 0.4) is 0 Å². The Bertz CT molecular complexity index is 605.